The minimum absolute atomic E-state index is 0.270. The smallest absolute Gasteiger partial charge is 0.416 e. The maximum atomic E-state index is 13.3. The van der Waals surface area contributed by atoms with E-state index in [1.807, 2.05) is 60.7 Å². The summed E-state index contributed by atoms with van der Waals surface area (Å²) in [5, 5.41) is 0.489. The molecular weight excluding hydrogens is 473 g/mol. The molecule has 1 aliphatic rings. The lowest BCUT2D eigenvalue weighted by molar-refractivity contribution is -0.137. The third-order valence-corrected chi connectivity index (χ3v) is 6.15. The minimum Gasteiger partial charge on any atom is -0.457 e. The molecule has 0 aliphatic carbocycles. The highest BCUT2D eigenvalue weighted by atomic mass is 32.2. The van der Waals surface area contributed by atoms with Crippen LogP contribution in [0.15, 0.2) is 111 Å². The van der Waals surface area contributed by atoms with Crippen molar-refractivity contribution < 1.29 is 22.4 Å². The van der Waals surface area contributed by atoms with Crippen LogP contribution < -0.4 is 4.90 Å². The van der Waals surface area contributed by atoms with Crippen LogP contribution in [-0.2, 0) is 11.0 Å². The van der Waals surface area contributed by atoms with Crippen molar-refractivity contribution in [2.45, 2.75) is 6.18 Å². The number of benzene rings is 3. The van der Waals surface area contributed by atoms with Crippen LogP contribution in [0.5, 0.6) is 0 Å². The first kappa shape index (κ1) is 22.7. The van der Waals surface area contributed by atoms with E-state index in [4.69, 9.17) is 4.42 Å². The lowest BCUT2D eigenvalue weighted by Crippen LogP contribution is -2.28. The summed E-state index contributed by atoms with van der Waals surface area (Å²) in [4.78, 5) is 19.9. The molecule has 1 amide bonds. The molecule has 1 fully saturated rings. The molecule has 1 aliphatic heterocycles. The Morgan fingerprint density at radius 2 is 1.57 bits per heavy atom. The van der Waals surface area contributed by atoms with Gasteiger partial charge in [0.1, 0.15) is 11.5 Å². The fourth-order valence-electron chi connectivity index (χ4n) is 3.53. The van der Waals surface area contributed by atoms with Gasteiger partial charge in [-0.05, 0) is 60.3 Å². The van der Waals surface area contributed by atoms with Crippen molar-refractivity contribution in [2.24, 2.45) is 4.99 Å². The molecule has 0 spiro atoms. The van der Waals surface area contributed by atoms with E-state index in [0.29, 0.717) is 32.8 Å². The van der Waals surface area contributed by atoms with Crippen molar-refractivity contribution in [3.05, 3.63) is 113 Å². The second-order valence-corrected chi connectivity index (χ2v) is 8.61. The molecule has 8 heteroatoms. The molecule has 1 aromatic heterocycles. The van der Waals surface area contributed by atoms with E-state index in [-0.39, 0.29) is 11.7 Å². The average Bonchev–Trinajstić information content (AvgIpc) is 3.44. The zero-order valence-electron chi connectivity index (χ0n) is 18.1. The van der Waals surface area contributed by atoms with E-state index in [2.05, 4.69) is 4.99 Å². The summed E-state index contributed by atoms with van der Waals surface area (Å²) in [6.45, 7) is 0. The third kappa shape index (κ3) is 4.93. The average molecular weight is 491 g/mol. The van der Waals surface area contributed by atoms with Crippen LogP contribution in [-0.4, -0.2) is 11.1 Å². The molecule has 0 bridgehead atoms. The SMILES string of the molecule is O=C1/C(=C\c2ccc(-c3cccc(C(F)(F)F)c3)o2)SC(=Nc2ccccc2)N1c1ccccc1. The topological polar surface area (TPSA) is 45.8 Å². The number of hydrogen-bond donors (Lipinski definition) is 0. The zero-order chi connectivity index (χ0) is 24.4. The van der Waals surface area contributed by atoms with Gasteiger partial charge in [0.2, 0.25) is 0 Å². The standard InChI is InChI=1S/C27H17F3N2O2S/c28-27(29,30)19-9-7-8-18(16-19)23-15-14-22(34-23)17-24-25(33)32(21-12-5-2-6-13-21)26(35-24)31-20-10-3-1-4-11-20/h1-17H/b24-17+,31-26?. The van der Waals surface area contributed by atoms with Crippen LogP contribution in [0.4, 0.5) is 24.5 Å². The molecule has 0 saturated carbocycles. The van der Waals surface area contributed by atoms with Gasteiger partial charge in [0, 0.05) is 11.6 Å². The van der Waals surface area contributed by atoms with Gasteiger partial charge < -0.3 is 4.42 Å². The molecule has 0 radical (unpaired) electrons. The number of furan rings is 1. The highest BCUT2D eigenvalue weighted by molar-refractivity contribution is 8.19. The molecule has 3 aromatic carbocycles. The Bertz CT molecular complexity index is 1430. The lowest BCUT2D eigenvalue weighted by atomic mass is 10.1. The zero-order valence-corrected chi connectivity index (χ0v) is 18.9. The Labute approximate surface area is 203 Å². The number of alkyl halides is 3. The summed E-state index contributed by atoms with van der Waals surface area (Å²) >= 11 is 1.20. The normalized spacial score (nSPS) is 16.4. The van der Waals surface area contributed by atoms with E-state index in [0.717, 1.165) is 12.1 Å². The molecule has 0 atom stereocenters. The number of aliphatic imine (C=N–C) groups is 1. The Morgan fingerprint density at radius 3 is 2.29 bits per heavy atom. The van der Waals surface area contributed by atoms with Crippen molar-refractivity contribution in [1.82, 2.24) is 0 Å². The predicted molar refractivity (Wildman–Crippen MR) is 132 cm³/mol. The molecule has 4 aromatic rings. The van der Waals surface area contributed by atoms with Crippen molar-refractivity contribution in [3.8, 4) is 11.3 Å². The summed E-state index contributed by atoms with van der Waals surface area (Å²) in [5.41, 5.74) is 0.919. The number of carbonyl (C=O) groups is 1. The minimum atomic E-state index is -4.45. The maximum Gasteiger partial charge on any atom is 0.416 e. The first-order valence-electron chi connectivity index (χ1n) is 10.6. The van der Waals surface area contributed by atoms with E-state index >= 15 is 0 Å². The number of anilines is 1. The Kier molecular flexibility index (Phi) is 6.05. The summed E-state index contributed by atoms with van der Waals surface area (Å²) in [6.07, 6.45) is -2.87. The first-order chi connectivity index (χ1) is 16.9. The number of nitrogens with zero attached hydrogens (tertiary/aromatic N) is 2. The molecule has 0 N–H and O–H groups in total. The number of amides is 1. The number of para-hydroxylation sites is 2. The van der Waals surface area contributed by atoms with E-state index < -0.39 is 11.7 Å². The highest BCUT2D eigenvalue weighted by Crippen LogP contribution is 2.38. The number of amidine groups is 1. The Morgan fingerprint density at radius 1 is 0.857 bits per heavy atom. The fraction of sp³-hybridized carbons (Fsp3) is 0.0370. The quantitative estimate of drug-likeness (QED) is 0.275. The van der Waals surface area contributed by atoms with Gasteiger partial charge in [-0.3, -0.25) is 9.69 Å². The second kappa shape index (κ2) is 9.31. The van der Waals surface area contributed by atoms with Crippen molar-refractivity contribution >= 4 is 40.3 Å². The fourth-order valence-corrected chi connectivity index (χ4v) is 4.51. The monoisotopic (exact) mass is 490 g/mol. The lowest BCUT2D eigenvalue weighted by Gasteiger charge is -2.15. The van der Waals surface area contributed by atoms with Crippen molar-refractivity contribution in [2.75, 3.05) is 4.90 Å². The van der Waals surface area contributed by atoms with E-state index in [9.17, 15) is 18.0 Å². The Hall–Kier alpha value is -4.04. The molecule has 2 heterocycles. The molecule has 1 saturated heterocycles. The van der Waals surface area contributed by atoms with Gasteiger partial charge in [-0.15, -0.1) is 0 Å². The van der Waals surface area contributed by atoms with Gasteiger partial charge in [0.15, 0.2) is 5.17 Å². The van der Waals surface area contributed by atoms with Crippen molar-refractivity contribution in [3.63, 3.8) is 0 Å². The number of thioether (sulfide) groups is 1. The number of halogens is 3. The van der Waals surface area contributed by atoms with Crippen LogP contribution in [0, 0.1) is 0 Å². The third-order valence-electron chi connectivity index (χ3n) is 5.18. The van der Waals surface area contributed by atoms with Gasteiger partial charge in [0.05, 0.1) is 21.8 Å². The van der Waals surface area contributed by atoms with Crippen LogP contribution in [0.1, 0.15) is 11.3 Å². The van der Waals surface area contributed by atoms with Crippen LogP contribution in [0.2, 0.25) is 0 Å². The Balaban J connectivity index is 1.48. The first-order valence-corrected chi connectivity index (χ1v) is 11.4. The maximum absolute atomic E-state index is 13.3. The predicted octanol–water partition coefficient (Wildman–Crippen LogP) is 7.77. The van der Waals surface area contributed by atoms with Crippen LogP contribution >= 0.6 is 11.8 Å². The molecule has 5 rings (SSSR count). The summed E-state index contributed by atoms with van der Waals surface area (Å²) in [6, 6.07) is 26.6. The molecule has 0 unspecified atom stereocenters. The number of hydrogen-bond acceptors (Lipinski definition) is 4. The van der Waals surface area contributed by atoms with Crippen LogP contribution in [0.25, 0.3) is 17.4 Å². The van der Waals surface area contributed by atoms with Gasteiger partial charge >= 0.3 is 6.18 Å². The molecule has 35 heavy (non-hydrogen) atoms. The van der Waals surface area contributed by atoms with E-state index in [1.54, 1.807) is 24.3 Å². The van der Waals surface area contributed by atoms with E-state index in [1.165, 1.54) is 22.7 Å². The van der Waals surface area contributed by atoms with Gasteiger partial charge in [-0.25, -0.2) is 4.99 Å². The van der Waals surface area contributed by atoms with Gasteiger partial charge in [-0.2, -0.15) is 13.2 Å². The van der Waals surface area contributed by atoms with Gasteiger partial charge in [-0.1, -0.05) is 48.5 Å². The largest absolute Gasteiger partial charge is 0.457 e. The molecule has 174 valence electrons. The van der Waals surface area contributed by atoms with Gasteiger partial charge in [0.25, 0.3) is 5.91 Å². The summed E-state index contributed by atoms with van der Waals surface area (Å²) in [5.74, 6) is 0.353. The summed E-state index contributed by atoms with van der Waals surface area (Å²) < 4.78 is 45.0. The van der Waals surface area contributed by atoms with Crippen LogP contribution in [0.3, 0.4) is 0 Å². The molecular formula is C27H17F3N2O2S. The summed E-state index contributed by atoms with van der Waals surface area (Å²) in [7, 11) is 0. The number of carbonyl (C=O) groups excluding carboxylic acids is 1. The molecule has 4 nitrogen and oxygen atoms in total. The number of rotatable bonds is 4. The second-order valence-electron chi connectivity index (χ2n) is 7.60. The highest BCUT2D eigenvalue weighted by Gasteiger charge is 2.35. The van der Waals surface area contributed by atoms with Crippen molar-refractivity contribution in [1.29, 1.82) is 0 Å².